The molecule has 1 aliphatic carbocycles. The van der Waals surface area contributed by atoms with Crippen molar-refractivity contribution >= 4 is 9.39 Å². The smallest absolute Gasteiger partial charge is 0.0701 e. The van der Waals surface area contributed by atoms with Gasteiger partial charge in [0.1, 0.15) is 0 Å². The highest BCUT2D eigenvalue weighted by atomic mass is 31.0. The topological polar surface area (TPSA) is 35.5 Å². The molecule has 0 amide bonds. The molecule has 20 heavy (non-hydrogen) atoms. The van der Waals surface area contributed by atoms with Gasteiger partial charge in [-0.25, -0.2) is 0 Å². The molecular formula is C16H25N2OP. The van der Waals surface area contributed by atoms with Gasteiger partial charge in [-0.3, -0.25) is 9.99 Å². The van der Waals surface area contributed by atoms with E-state index in [4.69, 9.17) is 0 Å². The Kier molecular flexibility index (Phi) is 4.72. The number of aliphatic hydroxyl groups is 1. The zero-order valence-electron chi connectivity index (χ0n) is 11.9. The molecule has 5 atom stereocenters. The molecule has 1 heterocycles. The van der Waals surface area contributed by atoms with Crippen molar-refractivity contribution in [3.05, 3.63) is 35.9 Å². The standard InChI is InChI=1S/C16H25N2OP/c19-16-10-13(12-5-2-1-3-6-12)9-15(16)18-8-4-7-14(11-18)17-20/h1-3,5-6,13-17,19H,4,7-11,20H2/t13-,14?,15+,16+/m1/s1. The van der Waals surface area contributed by atoms with Gasteiger partial charge in [0.2, 0.25) is 0 Å². The van der Waals surface area contributed by atoms with Crippen molar-refractivity contribution in [2.24, 2.45) is 0 Å². The first-order valence-corrected chi connectivity index (χ1v) is 8.29. The Morgan fingerprint density at radius 2 is 2.00 bits per heavy atom. The van der Waals surface area contributed by atoms with E-state index in [-0.39, 0.29) is 6.10 Å². The lowest BCUT2D eigenvalue weighted by Crippen LogP contribution is -2.50. The monoisotopic (exact) mass is 292 g/mol. The lowest BCUT2D eigenvalue weighted by atomic mass is 9.97. The van der Waals surface area contributed by atoms with Gasteiger partial charge in [-0.1, -0.05) is 39.7 Å². The van der Waals surface area contributed by atoms with Crippen molar-refractivity contribution in [2.75, 3.05) is 13.1 Å². The summed E-state index contributed by atoms with van der Waals surface area (Å²) in [5, 5.41) is 13.8. The predicted octanol–water partition coefficient (Wildman–Crippen LogP) is 2.14. The first kappa shape index (κ1) is 14.5. The van der Waals surface area contributed by atoms with Gasteiger partial charge in [0.15, 0.2) is 0 Å². The molecule has 110 valence electrons. The van der Waals surface area contributed by atoms with Crippen molar-refractivity contribution in [3.63, 3.8) is 0 Å². The van der Waals surface area contributed by atoms with E-state index in [0.717, 1.165) is 25.9 Å². The Morgan fingerprint density at radius 3 is 2.75 bits per heavy atom. The van der Waals surface area contributed by atoms with Crippen molar-refractivity contribution in [2.45, 2.75) is 49.8 Å². The number of hydrogen-bond acceptors (Lipinski definition) is 3. The molecule has 2 fully saturated rings. The van der Waals surface area contributed by atoms with Gasteiger partial charge in [-0.15, -0.1) is 0 Å². The van der Waals surface area contributed by atoms with Gasteiger partial charge < -0.3 is 5.11 Å². The van der Waals surface area contributed by atoms with Crippen LogP contribution in [0.4, 0.5) is 0 Å². The van der Waals surface area contributed by atoms with E-state index in [1.165, 1.54) is 18.4 Å². The third kappa shape index (κ3) is 3.07. The maximum absolute atomic E-state index is 10.5. The molecule has 2 aliphatic rings. The number of nitrogens with one attached hydrogen (secondary N) is 1. The van der Waals surface area contributed by atoms with Gasteiger partial charge in [0.05, 0.1) is 6.10 Å². The van der Waals surface area contributed by atoms with Gasteiger partial charge in [0.25, 0.3) is 0 Å². The predicted molar refractivity (Wildman–Crippen MR) is 85.7 cm³/mol. The van der Waals surface area contributed by atoms with Crippen LogP contribution in [-0.4, -0.2) is 41.3 Å². The largest absolute Gasteiger partial charge is 0.391 e. The van der Waals surface area contributed by atoms with Crippen LogP contribution in [0.15, 0.2) is 30.3 Å². The normalized spacial score (nSPS) is 35.3. The lowest BCUT2D eigenvalue weighted by Gasteiger charge is -2.37. The second kappa shape index (κ2) is 6.53. The van der Waals surface area contributed by atoms with Crippen LogP contribution in [0.25, 0.3) is 0 Å². The van der Waals surface area contributed by atoms with E-state index >= 15 is 0 Å². The Morgan fingerprint density at radius 1 is 1.20 bits per heavy atom. The maximum Gasteiger partial charge on any atom is 0.0701 e. The molecule has 0 bridgehead atoms. The van der Waals surface area contributed by atoms with E-state index in [1.54, 1.807) is 0 Å². The van der Waals surface area contributed by atoms with Gasteiger partial charge in [-0.2, -0.15) is 0 Å². The first-order chi connectivity index (χ1) is 9.78. The summed E-state index contributed by atoms with van der Waals surface area (Å²) < 4.78 is 0. The minimum atomic E-state index is -0.177. The number of rotatable bonds is 3. The molecule has 2 N–H and O–H groups in total. The molecule has 1 saturated carbocycles. The van der Waals surface area contributed by atoms with E-state index in [1.807, 2.05) is 0 Å². The second-order valence-electron chi connectivity index (χ2n) is 6.21. The molecule has 0 spiro atoms. The average Bonchev–Trinajstić information content (AvgIpc) is 2.90. The second-order valence-corrected chi connectivity index (χ2v) is 6.55. The molecule has 4 heteroatoms. The molecule has 1 aromatic rings. The molecule has 2 unspecified atom stereocenters. The van der Waals surface area contributed by atoms with Crippen molar-refractivity contribution < 1.29 is 5.11 Å². The van der Waals surface area contributed by atoms with Crippen LogP contribution in [0.3, 0.4) is 0 Å². The van der Waals surface area contributed by atoms with Crippen LogP contribution in [0.5, 0.6) is 0 Å². The number of piperidine rings is 1. The number of benzene rings is 1. The summed E-state index contributed by atoms with van der Waals surface area (Å²) in [5.41, 5.74) is 1.38. The Labute approximate surface area is 124 Å². The van der Waals surface area contributed by atoms with Gasteiger partial charge in [-0.05, 0) is 43.7 Å². The summed E-state index contributed by atoms with van der Waals surface area (Å²) in [6.45, 7) is 2.19. The molecule has 3 rings (SSSR count). The van der Waals surface area contributed by atoms with Crippen LogP contribution < -0.4 is 5.09 Å². The minimum absolute atomic E-state index is 0.177. The van der Waals surface area contributed by atoms with Crippen molar-refractivity contribution in [1.82, 2.24) is 9.99 Å². The molecule has 1 aromatic carbocycles. The third-order valence-electron chi connectivity index (χ3n) is 4.92. The highest BCUT2D eigenvalue weighted by molar-refractivity contribution is 7.13. The van der Waals surface area contributed by atoms with E-state index < -0.39 is 0 Å². The minimum Gasteiger partial charge on any atom is -0.391 e. The van der Waals surface area contributed by atoms with Crippen molar-refractivity contribution in [3.8, 4) is 0 Å². The first-order valence-electron chi connectivity index (χ1n) is 7.71. The maximum atomic E-state index is 10.5. The Hall–Kier alpha value is -0.470. The number of likely N-dealkylation sites (tertiary alicyclic amines) is 1. The summed E-state index contributed by atoms with van der Waals surface area (Å²) in [5.74, 6) is 0.514. The summed E-state index contributed by atoms with van der Waals surface area (Å²) in [7, 11) is 2.64. The van der Waals surface area contributed by atoms with Gasteiger partial charge >= 0.3 is 0 Å². The molecule has 1 saturated heterocycles. The SMILES string of the molecule is O[C@H]1C[C@H](c2ccccc2)C[C@@H]1N1CCCC(NP)C1. The molecule has 1 aliphatic heterocycles. The van der Waals surface area contributed by atoms with E-state index in [2.05, 4.69) is 49.7 Å². The van der Waals surface area contributed by atoms with Crippen LogP contribution >= 0.6 is 9.39 Å². The van der Waals surface area contributed by atoms with Crippen molar-refractivity contribution in [1.29, 1.82) is 0 Å². The fraction of sp³-hybridized carbons (Fsp3) is 0.625. The van der Waals surface area contributed by atoms with Gasteiger partial charge in [0, 0.05) is 18.6 Å². The number of aliphatic hydroxyl groups excluding tert-OH is 1. The Bertz CT molecular complexity index is 428. The summed E-state index contributed by atoms with van der Waals surface area (Å²) in [6.07, 6.45) is 4.29. The highest BCUT2D eigenvalue weighted by Crippen LogP contribution is 2.37. The van der Waals surface area contributed by atoms with E-state index in [9.17, 15) is 5.11 Å². The highest BCUT2D eigenvalue weighted by Gasteiger charge is 2.38. The third-order valence-corrected chi connectivity index (χ3v) is 5.40. The summed E-state index contributed by atoms with van der Waals surface area (Å²) in [4.78, 5) is 2.50. The zero-order chi connectivity index (χ0) is 13.9. The Balaban J connectivity index is 1.66. The lowest BCUT2D eigenvalue weighted by molar-refractivity contribution is 0.0527. The number of hydrogen-bond donors (Lipinski definition) is 2. The molecular weight excluding hydrogens is 267 g/mol. The number of nitrogens with zero attached hydrogens (tertiary/aromatic N) is 1. The average molecular weight is 292 g/mol. The molecule has 3 nitrogen and oxygen atoms in total. The molecule has 0 aromatic heterocycles. The fourth-order valence-electron chi connectivity index (χ4n) is 3.83. The molecule has 0 radical (unpaired) electrons. The summed E-state index contributed by atoms with van der Waals surface area (Å²) in [6, 6.07) is 11.5. The van der Waals surface area contributed by atoms with Crippen LogP contribution in [0.2, 0.25) is 0 Å². The van der Waals surface area contributed by atoms with Crippen LogP contribution in [0, 0.1) is 0 Å². The summed E-state index contributed by atoms with van der Waals surface area (Å²) >= 11 is 0. The van der Waals surface area contributed by atoms with E-state index in [0.29, 0.717) is 18.0 Å². The zero-order valence-corrected chi connectivity index (χ0v) is 13.1. The van der Waals surface area contributed by atoms with Crippen LogP contribution in [-0.2, 0) is 0 Å². The quantitative estimate of drug-likeness (QED) is 0.838. The van der Waals surface area contributed by atoms with Crippen LogP contribution in [0.1, 0.15) is 37.2 Å². The fourth-order valence-corrected chi connectivity index (χ4v) is 4.10.